The molecule has 270 valence electrons. The van der Waals surface area contributed by atoms with Gasteiger partial charge in [-0.25, -0.2) is 19.2 Å². The number of aryl methyl sites for hydroxylation is 2. The molecule has 1 unspecified atom stereocenters. The number of pyridine rings is 2. The maximum absolute atomic E-state index is 16.1. The first-order chi connectivity index (χ1) is 25.1. The smallest absolute Gasteiger partial charge is 0.305 e. The van der Waals surface area contributed by atoms with Crippen molar-refractivity contribution in [3.05, 3.63) is 82.3 Å². The molecule has 1 saturated carbocycles. The average Bonchev–Trinajstić information content (AvgIpc) is 3.66. The van der Waals surface area contributed by atoms with Crippen molar-refractivity contribution < 1.29 is 18.8 Å². The zero-order valence-corrected chi connectivity index (χ0v) is 29.3. The number of carbonyl (C=O) groups is 3. The number of para-hydroxylation sites is 1. The molecule has 3 aliphatic rings. The molecule has 1 aliphatic carbocycles. The molecular formula is C38H42FN9O4. The molecule has 2 N–H and O–H groups in total. The van der Waals surface area contributed by atoms with E-state index in [0.29, 0.717) is 41.4 Å². The number of alkyl halides is 1. The second-order valence-corrected chi connectivity index (χ2v) is 14.6. The summed E-state index contributed by atoms with van der Waals surface area (Å²) < 4.78 is 21.1. The molecule has 3 fully saturated rings. The number of rotatable bonds is 7. The summed E-state index contributed by atoms with van der Waals surface area (Å²) in [4.78, 5) is 61.4. The number of piperidine rings is 2. The number of imidazole rings is 1. The third-order valence-electron chi connectivity index (χ3n) is 11.2. The minimum Gasteiger partial charge on any atom is -0.305 e. The Bertz CT molecular complexity index is 2250. The Hall–Kier alpha value is -5.24. The molecular weight excluding hydrogens is 665 g/mol. The summed E-state index contributed by atoms with van der Waals surface area (Å²) >= 11 is 0. The Balaban J connectivity index is 0.880. The van der Waals surface area contributed by atoms with Crippen molar-refractivity contribution in [2.75, 3.05) is 25.0 Å². The lowest BCUT2D eigenvalue weighted by molar-refractivity contribution is -0.135. The van der Waals surface area contributed by atoms with Crippen LogP contribution in [0.3, 0.4) is 0 Å². The highest BCUT2D eigenvalue weighted by molar-refractivity contribution is 6.03. The van der Waals surface area contributed by atoms with Crippen LogP contribution in [0.1, 0.15) is 84.7 Å². The number of fused-ring (bicyclic) bond motifs is 2. The van der Waals surface area contributed by atoms with Gasteiger partial charge in [0.2, 0.25) is 11.8 Å². The lowest BCUT2D eigenvalue weighted by atomic mass is 9.83. The van der Waals surface area contributed by atoms with Gasteiger partial charge in [0.15, 0.2) is 0 Å². The fraction of sp³-hybridized carbons (Fsp3) is 0.447. The highest BCUT2D eigenvalue weighted by Crippen LogP contribution is 2.38. The average molecular weight is 708 g/mol. The van der Waals surface area contributed by atoms with Crippen LogP contribution in [0, 0.1) is 12.8 Å². The molecule has 0 spiro atoms. The normalized spacial score (nSPS) is 24.3. The van der Waals surface area contributed by atoms with Crippen molar-refractivity contribution >= 4 is 45.5 Å². The summed E-state index contributed by atoms with van der Waals surface area (Å²) in [5.41, 5.74) is 3.57. The second kappa shape index (κ2) is 13.7. The number of halogens is 1. The number of nitrogens with one attached hydrogen (secondary N) is 2. The van der Waals surface area contributed by atoms with E-state index >= 15 is 4.39 Å². The van der Waals surface area contributed by atoms with Gasteiger partial charge in [-0.3, -0.25) is 33.5 Å². The van der Waals surface area contributed by atoms with Crippen LogP contribution in [0.2, 0.25) is 0 Å². The van der Waals surface area contributed by atoms with Crippen molar-refractivity contribution in [3.8, 4) is 0 Å². The number of nitrogens with zero attached hydrogens (tertiary/aromatic N) is 7. The lowest BCUT2D eigenvalue weighted by Crippen LogP contribution is -2.44. The number of carbonyl (C=O) groups excluding carboxylic acids is 3. The van der Waals surface area contributed by atoms with Gasteiger partial charge in [-0.2, -0.15) is 5.10 Å². The number of amides is 3. The molecule has 14 heteroatoms. The molecule has 2 aliphatic heterocycles. The van der Waals surface area contributed by atoms with Crippen LogP contribution in [0.5, 0.6) is 0 Å². The molecule has 5 aromatic rings. The quantitative estimate of drug-likeness (QED) is 0.234. The SMILES string of the molecule is Cc1cccc(C(=O)Nc2cc3cn([C@H]4CC[C@H](CN5CC[C@H](c6cccc7c6n(C)c(=O)n7C6CCC(=O)NC6=O)[C@H](F)C5)CC4)nc3cn2)n1. The van der Waals surface area contributed by atoms with Gasteiger partial charge in [-0.1, -0.05) is 18.2 Å². The van der Waals surface area contributed by atoms with Crippen LogP contribution in [0.4, 0.5) is 10.2 Å². The minimum atomic E-state index is -1.10. The first kappa shape index (κ1) is 33.9. The summed E-state index contributed by atoms with van der Waals surface area (Å²) in [6, 6.07) is 12.2. The number of hydrogen-bond acceptors (Lipinski definition) is 8. The van der Waals surface area contributed by atoms with Crippen LogP contribution in [0.15, 0.2) is 59.7 Å². The lowest BCUT2D eigenvalue weighted by Gasteiger charge is -2.38. The van der Waals surface area contributed by atoms with Gasteiger partial charge < -0.3 is 10.2 Å². The number of likely N-dealkylation sites (tertiary alicyclic amines) is 1. The van der Waals surface area contributed by atoms with Crippen LogP contribution in [0.25, 0.3) is 21.9 Å². The van der Waals surface area contributed by atoms with E-state index in [0.717, 1.165) is 60.9 Å². The van der Waals surface area contributed by atoms with E-state index in [-0.39, 0.29) is 42.3 Å². The van der Waals surface area contributed by atoms with Gasteiger partial charge in [0.1, 0.15) is 29.2 Å². The molecule has 0 bridgehead atoms. The van der Waals surface area contributed by atoms with E-state index in [9.17, 15) is 19.2 Å². The molecule has 52 heavy (non-hydrogen) atoms. The molecule has 13 nitrogen and oxygen atoms in total. The number of hydrogen-bond donors (Lipinski definition) is 2. The maximum Gasteiger partial charge on any atom is 0.329 e. The first-order valence-electron chi connectivity index (χ1n) is 18.1. The molecule has 4 aromatic heterocycles. The van der Waals surface area contributed by atoms with E-state index in [4.69, 9.17) is 5.10 Å². The molecule has 8 rings (SSSR count). The molecule has 0 radical (unpaired) electrons. The summed E-state index contributed by atoms with van der Waals surface area (Å²) in [6.45, 7) is 3.78. The predicted octanol–water partition coefficient (Wildman–Crippen LogP) is 4.58. The number of benzene rings is 1. The third kappa shape index (κ3) is 6.40. The van der Waals surface area contributed by atoms with Gasteiger partial charge in [0.05, 0.1) is 23.3 Å². The highest BCUT2D eigenvalue weighted by Gasteiger charge is 2.36. The highest BCUT2D eigenvalue weighted by atomic mass is 19.1. The van der Waals surface area contributed by atoms with Gasteiger partial charge in [0.25, 0.3) is 5.91 Å². The molecule has 3 atom stereocenters. The Morgan fingerprint density at radius 2 is 1.85 bits per heavy atom. The Morgan fingerprint density at radius 1 is 1.04 bits per heavy atom. The van der Waals surface area contributed by atoms with Crippen LogP contribution < -0.4 is 16.3 Å². The third-order valence-corrected chi connectivity index (χ3v) is 11.2. The summed E-state index contributed by atoms with van der Waals surface area (Å²) in [5.74, 6) is -0.576. The Labute approximate surface area is 299 Å². The molecule has 1 aromatic carbocycles. The van der Waals surface area contributed by atoms with Crippen molar-refractivity contribution in [1.82, 2.24) is 39.1 Å². The van der Waals surface area contributed by atoms with Crippen molar-refractivity contribution in [3.63, 3.8) is 0 Å². The van der Waals surface area contributed by atoms with Gasteiger partial charge in [-0.05, 0) is 87.7 Å². The van der Waals surface area contributed by atoms with Crippen LogP contribution in [-0.4, -0.2) is 77.3 Å². The van der Waals surface area contributed by atoms with E-state index in [2.05, 4.69) is 25.5 Å². The zero-order valence-electron chi connectivity index (χ0n) is 29.3. The Morgan fingerprint density at radius 3 is 2.62 bits per heavy atom. The van der Waals surface area contributed by atoms with E-state index in [1.165, 1.54) is 9.13 Å². The van der Waals surface area contributed by atoms with Gasteiger partial charge in [-0.15, -0.1) is 0 Å². The molecule has 6 heterocycles. The second-order valence-electron chi connectivity index (χ2n) is 14.6. The summed E-state index contributed by atoms with van der Waals surface area (Å²) in [6.07, 6.45) is 7.66. The van der Waals surface area contributed by atoms with Crippen molar-refractivity contribution in [2.45, 2.75) is 76.0 Å². The largest absolute Gasteiger partial charge is 0.329 e. The fourth-order valence-electron chi connectivity index (χ4n) is 8.49. The molecule has 2 saturated heterocycles. The minimum absolute atomic E-state index is 0.167. The summed E-state index contributed by atoms with van der Waals surface area (Å²) in [7, 11) is 1.67. The zero-order chi connectivity index (χ0) is 36.1. The van der Waals surface area contributed by atoms with E-state index in [1.807, 2.05) is 42.1 Å². The van der Waals surface area contributed by atoms with Crippen molar-refractivity contribution in [2.24, 2.45) is 13.0 Å². The van der Waals surface area contributed by atoms with E-state index in [1.54, 1.807) is 31.4 Å². The van der Waals surface area contributed by atoms with Crippen LogP contribution >= 0.6 is 0 Å². The predicted molar refractivity (Wildman–Crippen MR) is 193 cm³/mol. The number of imide groups is 1. The number of aromatic nitrogens is 6. The number of anilines is 1. The maximum atomic E-state index is 16.1. The van der Waals surface area contributed by atoms with Crippen LogP contribution in [-0.2, 0) is 16.6 Å². The van der Waals surface area contributed by atoms with E-state index < -0.39 is 18.1 Å². The standard InChI is InChI=1S/C38H42FN9O4/c1-22-5-3-7-29(41-22)36(50)42-33-17-24-20-47(44-30(24)18-40-33)25-11-9-23(10-12-25)19-46-16-15-26(28(39)21-46)27-6-4-8-31-35(27)45(2)38(52)48(31)32-13-14-34(49)43-37(32)51/h3-8,17-18,20,23,25-26,28,32H,9-16,19,21H2,1-2H3,(H,42,50)(H,43,49,51)/t23-,25-,26-,28-,32?/m1/s1. The fourth-order valence-corrected chi connectivity index (χ4v) is 8.49. The Kier molecular flexibility index (Phi) is 8.94. The monoisotopic (exact) mass is 707 g/mol. The first-order valence-corrected chi connectivity index (χ1v) is 18.1. The molecule has 3 amide bonds. The van der Waals surface area contributed by atoms with Gasteiger partial charge >= 0.3 is 5.69 Å². The summed E-state index contributed by atoms with van der Waals surface area (Å²) in [5, 5.41) is 10.9. The van der Waals surface area contributed by atoms with Crippen molar-refractivity contribution in [1.29, 1.82) is 0 Å². The topological polar surface area (TPSA) is 149 Å². The van der Waals surface area contributed by atoms with Gasteiger partial charge in [0, 0.05) is 49.8 Å².